The van der Waals surface area contributed by atoms with Gasteiger partial charge in [0.15, 0.2) is 0 Å². The number of aromatic nitrogens is 1. The molecule has 0 saturated carbocycles. The predicted molar refractivity (Wildman–Crippen MR) is 118 cm³/mol. The molecule has 0 aliphatic rings. The lowest BCUT2D eigenvalue weighted by Crippen LogP contribution is -2.27. The van der Waals surface area contributed by atoms with Crippen molar-refractivity contribution in [2.45, 2.75) is 20.0 Å². The number of pyridine rings is 1. The van der Waals surface area contributed by atoms with E-state index in [1.54, 1.807) is 66.7 Å². The monoisotopic (exact) mass is 423 g/mol. The van der Waals surface area contributed by atoms with Gasteiger partial charge in [0.25, 0.3) is 0 Å². The highest BCUT2D eigenvalue weighted by Gasteiger charge is 2.12. The number of anilines is 2. The number of benzene rings is 2. The molecule has 0 atom stereocenters. The molecule has 0 aliphatic carbocycles. The van der Waals surface area contributed by atoms with E-state index in [-0.39, 0.29) is 18.9 Å². The number of carbonyl (C=O) groups excluding carboxylic acids is 2. The predicted octanol–water partition coefficient (Wildman–Crippen LogP) is 5.00. The first kappa shape index (κ1) is 21.3. The van der Waals surface area contributed by atoms with Crippen molar-refractivity contribution in [2.75, 3.05) is 17.3 Å². The van der Waals surface area contributed by atoms with Crippen molar-refractivity contribution in [3.63, 3.8) is 0 Å². The molecule has 1 aromatic heterocycles. The maximum atomic E-state index is 12.5. The summed E-state index contributed by atoms with van der Waals surface area (Å²) in [5.74, 6) is -0.0521. The Kier molecular flexibility index (Phi) is 7.03. The molecule has 2 amide bonds. The SMILES string of the molecule is Cc1ccc(N(C)C(=O)Cc2ccc(NC(=O)OCc3ccc(Cl)cc3)cc2)cn1. The average Bonchev–Trinajstić information content (AvgIpc) is 2.75. The third kappa shape index (κ3) is 6.06. The van der Waals surface area contributed by atoms with Crippen molar-refractivity contribution in [1.29, 1.82) is 0 Å². The first-order valence-corrected chi connectivity index (χ1v) is 9.75. The van der Waals surface area contributed by atoms with Gasteiger partial charge in [-0.15, -0.1) is 0 Å². The molecular formula is C23H22ClN3O3. The lowest BCUT2D eigenvalue weighted by molar-refractivity contribution is -0.117. The minimum Gasteiger partial charge on any atom is -0.444 e. The van der Waals surface area contributed by atoms with Gasteiger partial charge in [0.05, 0.1) is 18.3 Å². The summed E-state index contributed by atoms with van der Waals surface area (Å²) in [4.78, 5) is 30.3. The van der Waals surface area contributed by atoms with Crippen LogP contribution in [-0.4, -0.2) is 24.0 Å². The molecule has 0 radical (unpaired) electrons. The van der Waals surface area contributed by atoms with Crippen molar-refractivity contribution in [1.82, 2.24) is 4.98 Å². The van der Waals surface area contributed by atoms with E-state index in [2.05, 4.69) is 10.3 Å². The van der Waals surface area contributed by atoms with E-state index in [9.17, 15) is 9.59 Å². The summed E-state index contributed by atoms with van der Waals surface area (Å²) in [6, 6.07) is 17.9. The van der Waals surface area contributed by atoms with Gasteiger partial charge in [-0.25, -0.2) is 4.79 Å². The largest absolute Gasteiger partial charge is 0.444 e. The number of halogens is 1. The lowest BCUT2D eigenvalue weighted by atomic mass is 10.1. The molecule has 30 heavy (non-hydrogen) atoms. The maximum Gasteiger partial charge on any atom is 0.411 e. The van der Waals surface area contributed by atoms with Crippen LogP contribution in [-0.2, 0) is 22.6 Å². The molecule has 0 bridgehead atoms. The number of hydrogen-bond donors (Lipinski definition) is 1. The van der Waals surface area contributed by atoms with E-state index in [4.69, 9.17) is 16.3 Å². The van der Waals surface area contributed by atoms with E-state index < -0.39 is 6.09 Å². The van der Waals surface area contributed by atoms with Crippen LogP contribution in [0.5, 0.6) is 0 Å². The van der Waals surface area contributed by atoms with Crippen molar-refractivity contribution in [3.05, 3.63) is 88.7 Å². The average molecular weight is 424 g/mol. The zero-order valence-corrected chi connectivity index (χ0v) is 17.5. The number of rotatable bonds is 6. The Morgan fingerprint density at radius 2 is 1.67 bits per heavy atom. The topological polar surface area (TPSA) is 71.5 Å². The van der Waals surface area contributed by atoms with Crippen molar-refractivity contribution in [3.8, 4) is 0 Å². The van der Waals surface area contributed by atoms with Crippen LogP contribution >= 0.6 is 11.6 Å². The van der Waals surface area contributed by atoms with Crippen molar-refractivity contribution in [2.24, 2.45) is 0 Å². The number of likely N-dealkylation sites (N-methyl/N-ethyl adjacent to an activating group) is 1. The number of nitrogens with zero attached hydrogens (tertiary/aromatic N) is 2. The molecular weight excluding hydrogens is 402 g/mol. The lowest BCUT2D eigenvalue weighted by Gasteiger charge is -2.17. The Bertz CT molecular complexity index is 1000. The van der Waals surface area contributed by atoms with Crippen LogP contribution in [0.3, 0.4) is 0 Å². The summed E-state index contributed by atoms with van der Waals surface area (Å²) in [6.07, 6.45) is 1.36. The molecule has 0 saturated heterocycles. The number of amides is 2. The highest BCUT2D eigenvalue weighted by atomic mass is 35.5. The molecule has 0 aliphatic heterocycles. The molecule has 2 aromatic carbocycles. The van der Waals surface area contributed by atoms with Gasteiger partial charge in [-0.3, -0.25) is 15.1 Å². The van der Waals surface area contributed by atoms with E-state index in [1.165, 1.54) is 0 Å². The minimum atomic E-state index is -0.555. The molecule has 3 rings (SSSR count). The fraction of sp³-hybridized carbons (Fsp3) is 0.174. The third-order valence-electron chi connectivity index (χ3n) is 4.50. The molecule has 6 nitrogen and oxygen atoms in total. The van der Waals surface area contributed by atoms with Gasteiger partial charge in [0.1, 0.15) is 6.61 Å². The Morgan fingerprint density at radius 3 is 2.30 bits per heavy atom. The van der Waals surface area contributed by atoms with Crippen LogP contribution in [0.25, 0.3) is 0 Å². The molecule has 0 unspecified atom stereocenters. The highest BCUT2D eigenvalue weighted by Crippen LogP contribution is 2.16. The Hall–Kier alpha value is -3.38. The molecule has 0 fully saturated rings. The summed E-state index contributed by atoms with van der Waals surface area (Å²) in [7, 11) is 1.72. The fourth-order valence-corrected chi connectivity index (χ4v) is 2.81. The third-order valence-corrected chi connectivity index (χ3v) is 4.75. The number of aryl methyl sites for hydroxylation is 1. The van der Waals surface area contributed by atoms with Crippen LogP contribution in [0.15, 0.2) is 66.9 Å². The second kappa shape index (κ2) is 9.89. The fourth-order valence-electron chi connectivity index (χ4n) is 2.68. The maximum absolute atomic E-state index is 12.5. The number of hydrogen-bond acceptors (Lipinski definition) is 4. The van der Waals surface area contributed by atoms with Gasteiger partial charge in [-0.1, -0.05) is 35.9 Å². The summed E-state index contributed by atoms with van der Waals surface area (Å²) >= 11 is 5.83. The van der Waals surface area contributed by atoms with Gasteiger partial charge >= 0.3 is 6.09 Å². The standard InChI is InChI=1S/C23H22ClN3O3/c1-16-3-12-21(14-25-16)27(2)22(28)13-17-6-10-20(11-7-17)26-23(29)30-15-18-4-8-19(24)9-5-18/h3-12,14H,13,15H2,1-2H3,(H,26,29). The second-order valence-corrected chi connectivity index (χ2v) is 7.25. The van der Waals surface area contributed by atoms with Crippen LogP contribution < -0.4 is 10.2 Å². The molecule has 1 heterocycles. The summed E-state index contributed by atoms with van der Waals surface area (Å²) in [6.45, 7) is 2.05. The first-order chi connectivity index (χ1) is 14.4. The van der Waals surface area contributed by atoms with Gasteiger partial charge in [-0.2, -0.15) is 0 Å². The van der Waals surface area contributed by atoms with Crippen LogP contribution in [0, 0.1) is 6.92 Å². The van der Waals surface area contributed by atoms with Gasteiger partial charge in [0, 0.05) is 23.5 Å². The second-order valence-electron chi connectivity index (χ2n) is 6.81. The Labute approximate surface area is 180 Å². The van der Waals surface area contributed by atoms with Gasteiger partial charge in [-0.05, 0) is 54.4 Å². The molecule has 7 heteroatoms. The van der Waals surface area contributed by atoms with Crippen LogP contribution in [0.4, 0.5) is 16.2 Å². The minimum absolute atomic E-state index is 0.0521. The van der Waals surface area contributed by atoms with Gasteiger partial charge in [0.2, 0.25) is 5.91 Å². The Balaban J connectivity index is 1.50. The smallest absolute Gasteiger partial charge is 0.411 e. The number of ether oxygens (including phenoxy) is 1. The molecule has 0 spiro atoms. The summed E-state index contributed by atoms with van der Waals surface area (Å²) in [5.41, 5.74) is 3.91. The zero-order chi connectivity index (χ0) is 21.5. The quantitative estimate of drug-likeness (QED) is 0.605. The van der Waals surface area contributed by atoms with Crippen molar-refractivity contribution < 1.29 is 14.3 Å². The van der Waals surface area contributed by atoms with Crippen LogP contribution in [0.1, 0.15) is 16.8 Å². The van der Waals surface area contributed by atoms with Gasteiger partial charge < -0.3 is 9.64 Å². The number of carbonyl (C=O) groups is 2. The number of nitrogens with one attached hydrogen (secondary N) is 1. The van der Waals surface area contributed by atoms with E-state index >= 15 is 0 Å². The Morgan fingerprint density at radius 1 is 1.00 bits per heavy atom. The molecule has 154 valence electrons. The summed E-state index contributed by atoms with van der Waals surface area (Å²) < 4.78 is 5.20. The first-order valence-electron chi connectivity index (χ1n) is 9.37. The molecule has 1 N–H and O–H groups in total. The normalized spacial score (nSPS) is 10.4. The zero-order valence-electron chi connectivity index (χ0n) is 16.8. The van der Waals surface area contributed by atoms with E-state index in [1.807, 2.05) is 19.1 Å². The van der Waals surface area contributed by atoms with Crippen LogP contribution in [0.2, 0.25) is 5.02 Å². The highest BCUT2D eigenvalue weighted by molar-refractivity contribution is 6.30. The summed E-state index contributed by atoms with van der Waals surface area (Å²) in [5, 5.41) is 3.30. The van der Waals surface area contributed by atoms with Crippen molar-refractivity contribution >= 4 is 35.0 Å². The van der Waals surface area contributed by atoms with E-state index in [0.29, 0.717) is 10.7 Å². The van der Waals surface area contributed by atoms with E-state index in [0.717, 1.165) is 22.5 Å². The molecule has 3 aromatic rings.